The van der Waals surface area contributed by atoms with Gasteiger partial charge in [-0.2, -0.15) is 0 Å². The van der Waals surface area contributed by atoms with Gasteiger partial charge in [0.25, 0.3) is 11.8 Å². The molecule has 618 valence electrons. The van der Waals surface area contributed by atoms with Crippen LogP contribution in [0.5, 0.6) is 0 Å². The Kier molecular flexibility index (Phi) is 32.7. The van der Waals surface area contributed by atoms with Crippen LogP contribution in [0.25, 0.3) is 89.8 Å². The molecule has 2 amide bonds. The number of nitrogens with two attached hydrogens (primary N) is 4. The Morgan fingerprint density at radius 3 is 1.49 bits per heavy atom. The number of amides is 2. The highest BCUT2D eigenvalue weighted by Gasteiger charge is 2.19. The van der Waals surface area contributed by atoms with Gasteiger partial charge in [-0.1, -0.05) is 182 Å². The average Bonchev–Trinajstić information content (AvgIpc) is 1.68. The summed E-state index contributed by atoms with van der Waals surface area (Å²) in [5.74, 6) is 9.28. The smallest absolute Gasteiger partial charge is 0.251 e. The number of nitrogens with one attached hydrogen (secondary N) is 3. The van der Waals surface area contributed by atoms with E-state index >= 15 is 0 Å². The Balaban J connectivity index is 0.000000157. The first-order chi connectivity index (χ1) is 57.9. The number of hydrogen-bond acceptors (Lipinski definition) is 16. The van der Waals surface area contributed by atoms with Crippen LogP contribution in [-0.4, -0.2) is 142 Å². The molecule has 1 fully saturated rings. The monoisotopic (exact) mass is 1680 g/mol. The molecule has 19 nitrogen and oxygen atoms in total. The van der Waals surface area contributed by atoms with Crippen LogP contribution < -0.4 is 33.6 Å². The van der Waals surface area contributed by atoms with Crippen LogP contribution in [0.2, 0.25) is 20.1 Å². The van der Waals surface area contributed by atoms with Gasteiger partial charge in [0.2, 0.25) is 0 Å². The number of carbonyl (C=O) groups is 4. The lowest BCUT2D eigenvalue weighted by Crippen LogP contribution is -2.30. The molecule has 0 spiro atoms. The summed E-state index contributed by atoms with van der Waals surface area (Å²) in [6.07, 6.45) is 26.9. The number of ketones is 2. The lowest BCUT2D eigenvalue weighted by molar-refractivity contribution is 0.0944. The number of H-pyrrole nitrogens is 1. The minimum Gasteiger partial charge on any atom is -0.383 e. The molecule has 1 aliphatic heterocycles. The Bertz CT molecular complexity index is 5870. The number of Topliss-reactive ketones (excluding diaryl/α,β-unsaturated/α-hetero) is 2. The number of likely N-dealkylation sites (tertiary alicyclic amines) is 1. The van der Waals surface area contributed by atoms with Crippen LogP contribution in [0.1, 0.15) is 166 Å². The van der Waals surface area contributed by atoms with Crippen molar-refractivity contribution >= 4 is 171 Å². The fourth-order valence-corrected chi connectivity index (χ4v) is 14.6. The van der Waals surface area contributed by atoms with Gasteiger partial charge in [-0.15, -0.1) is 0 Å². The van der Waals surface area contributed by atoms with Gasteiger partial charge in [0.1, 0.15) is 29.1 Å². The zero-order chi connectivity index (χ0) is 85.2. The van der Waals surface area contributed by atoms with Crippen molar-refractivity contribution < 1.29 is 19.2 Å². The third-order valence-electron chi connectivity index (χ3n) is 20.6. The first-order valence-corrected chi connectivity index (χ1v) is 42.1. The van der Waals surface area contributed by atoms with E-state index in [1.807, 2.05) is 192 Å². The fraction of sp³-hybridized carbons (Fsp3) is 0.268. The topological polar surface area (TPSA) is 286 Å². The maximum Gasteiger partial charge on any atom is 0.251 e. The first-order valence-electron chi connectivity index (χ1n) is 40.6. The number of aromatic nitrogens is 6. The number of hydrogen-bond donors (Lipinski definition) is 7. The molecule has 0 bridgehead atoms. The summed E-state index contributed by atoms with van der Waals surface area (Å²) >= 11 is 24.6. The zero-order valence-electron chi connectivity index (χ0n) is 68.8. The number of benzene rings is 8. The molecular weight excluding hydrogens is 1580 g/mol. The lowest BCUT2D eigenvalue weighted by Gasteiger charge is -2.26. The molecule has 1 aliphatic rings. The van der Waals surface area contributed by atoms with Gasteiger partial charge < -0.3 is 53.3 Å². The predicted molar refractivity (Wildman–Crippen MR) is 500 cm³/mol. The third-order valence-corrected chi connectivity index (χ3v) is 21.5. The van der Waals surface area contributed by atoms with E-state index in [9.17, 15) is 19.2 Å². The molecule has 120 heavy (non-hydrogen) atoms. The van der Waals surface area contributed by atoms with Crippen molar-refractivity contribution in [2.45, 2.75) is 90.9 Å². The number of aromatic amines is 1. The van der Waals surface area contributed by atoms with Crippen LogP contribution in [0.3, 0.4) is 0 Å². The van der Waals surface area contributed by atoms with E-state index in [0.717, 1.165) is 158 Å². The van der Waals surface area contributed by atoms with E-state index in [4.69, 9.17) is 69.3 Å². The second-order valence-electron chi connectivity index (χ2n) is 30.8. The van der Waals surface area contributed by atoms with Crippen molar-refractivity contribution in [2.75, 3.05) is 96.9 Å². The highest BCUT2D eigenvalue weighted by molar-refractivity contribution is 6.33. The standard InChI is InChI=1S/C27H30ClN3O.C24H24ClN3O.C24H26ClN3O.C22H23ClN6O/c28-23-13-12-22-19-30-27(29)24(25(22)18-23)14-9-20-7-10-21(11-8-20)26(32)6-2-5-17-31-15-3-1-4-16-31;1-16(2)5-4-12-27-24(29)18-7-3-6-17(13-18)8-11-21-22-14-20(25)10-9-19(22)15-28-23(21)26;1-28(2)14-4-3-5-23(29)18-9-6-17(7-10-18)8-13-21-22-15-20(25)12-11-19(22)16-27-24(21)26;1-29(2)9-3-8-25-22(30)13-5-7-17-18(10-13)28-21(27-17)19-16-11-15(23)6-4-14(16)12-26-20(19)24/h7-14,18-19H,1-6,15-17H2,(H2,29,30);3,6-7,9-10,13-16H,4-5,12H2,1-2H3,(H2,26,28)(H,27,29);6-13,15-16H,3-5,14H2,1-2H3,(H2,26,27);4-7,10-12H,3,8-9H2,1-2H3,(H2,24,26)(H,25,30)(H,27,28)/b14-9+;;13-8+;. The van der Waals surface area contributed by atoms with Crippen LogP contribution in [-0.2, 0) is 0 Å². The van der Waals surface area contributed by atoms with Gasteiger partial charge in [0.15, 0.2) is 11.6 Å². The summed E-state index contributed by atoms with van der Waals surface area (Å²) in [4.78, 5) is 81.5. The highest BCUT2D eigenvalue weighted by Crippen LogP contribution is 2.35. The maximum atomic E-state index is 12.5. The van der Waals surface area contributed by atoms with Crippen molar-refractivity contribution in [3.05, 3.63) is 264 Å². The number of carbonyl (C=O) groups excluding carboxylic acids is 4. The van der Waals surface area contributed by atoms with Crippen molar-refractivity contribution in [3.63, 3.8) is 0 Å². The first kappa shape index (κ1) is 89.2. The summed E-state index contributed by atoms with van der Waals surface area (Å²) in [7, 11) is 8.12. The molecule has 0 unspecified atom stereocenters. The Morgan fingerprint density at radius 2 is 0.950 bits per heavy atom. The van der Waals surface area contributed by atoms with Crippen LogP contribution in [0, 0.1) is 17.8 Å². The summed E-state index contributed by atoms with van der Waals surface area (Å²) in [6.45, 7) is 11.1. The number of fused-ring (bicyclic) bond motifs is 5. The highest BCUT2D eigenvalue weighted by atomic mass is 35.5. The normalized spacial score (nSPS) is 12.2. The number of imidazole rings is 1. The van der Waals surface area contributed by atoms with E-state index in [1.165, 1.54) is 32.4 Å². The molecule has 11 N–H and O–H groups in total. The molecule has 0 atom stereocenters. The van der Waals surface area contributed by atoms with E-state index in [2.05, 4.69) is 80.9 Å². The molecule has 5 aromatic heterocycles. The number of pyridine rings is 4. The van der Waals surface area contributed by atoms with Crippen molar-refractivity contribution in [3.8, 4) is 23.2 Å². The van der Waals surface area contributed by atoms with Crippen molar-refractivity contribution in [1.82, 2.24) is 55.2 Å². The Hall–Kier alpha value is -11.6. The van der Waals surface area contributed by atoms with Gasteiger partial charge in [-0.25, -0.2) is 24.9 Å². The Morgan fingerprint density at radius 1 is 0.483 bits per heavy atom. The predicted octanol–water partition coefficient (Wildman–Crippen LogP) is 20.8. The quantitative estimate of drug-likeness (QED) is 0.0143. The Labute approximate surface area is 722 Å². The average molecular weight is 1680 g/mol. The van der Waals surface area contributed by atoms with E-state index in [1.54, 1.807) is 49.1 Å². The summed E-state index contributed by atoms with van der Waals surface area (Å²) < 4.78 is 0. The fourth-order valence-electron chi connectivity index (χ4n) is 14.0. The van der Waals surface area contributed by atoms with Gasteiger partial charge in [-0.05, 0) is 237 Å². The van der Waals surface area contributed by atoms with Gasteiger partial charge in [0.05, 0.1) is 22.2 Å². The molecule has 8 aromatic carbocycles. The molecule has 14 rings (SSSR count). The number of nitrogen functional groups attached to an aromatic ring is 4. The second-order valence-corrected chi connectivity index (χ2v) is 32.6. The number of piperidine rings is 1. The van der Waals surface area contributed by atoms with Crippen LogP contribution in [0.15, 0.2) is 189 Å². The molecule has 0 aliphatic carbocycles. The number of rotatable bonds is 27. The summed E-state index contributed by atoms with van der Waals surface area (Å²) in [5, 5.41) is 15.9. The molecule has 23 heteroatoms. The SMILES string of the molecule is CC(C)CCCNC(=O)c1cccc(C#Cc2c(N)ncc3ccc(Cl)cc23)c1.CN(C)CCCCC(=O)c1ccc(/C=C/c2c(N)ncc3ccc(Cl)cc23)cc1.CN(C)CCCNC(=O)c1ccc2nc(-c3c(N)ncc4ccc(Cl)cc34)[nH]c2c1.Nc1ncc2ccc(Cl)cc2c1/C=C/c1ccc(C(=O)CCCCN2CCCCC2)cc1. The molecule has 13 aromatic rings. The van der Waals surface area contributed by atoms with Gasteiger partial charge >= 0.3 is 0 Å². The van der Waals surface area contributed by atoms with E-state index in [-0.39, 0.29) is 23.4 Å². The maximum absolute atomic E-state index is 12.5. The number of nitrogens with zero attached hydrogens (tertiary/aromatic N) is 8. The minimum atomic E-state index is -0.107. The molecule has 0 saturated carbocycles. The lowest BCUT2D eigenvalue weighted by atomic mass is 10.0. The number of halogens is 4. The van der Waals surface area contributed by atoms with E-state index < -0.39 is 0 Å². The van der Waals surface area contributed by atoms with Gasteiger partial charge in [0, 0.05) is 137 Å². The van der Waals surface area contributed by atoms with Gasteiger partial charge in [-0.3, -0.25) is 19.2 Å². The molecule has 1 saturated heterocycles. The summed E-state index contributed by atoms with van der Waals surface area (Å²) in [6, 6.07) is 50.5. The second kappa shape index (κ2) is 43.9. The summed E-state index contributed by atoms with van der Waals surface area (Å²) in [5.41, 5.74) is 34.4. The third kappa shape index (κ3) is 25.7. The van der Waals surface area contributed by atoms with Crippen molar-refractivity contribution in [1.29, 1.82) is 0 Å². The number of unbranched alkanes of at least 4 members (excludes halogenated alkanes) is 2. The molecular formula is C97H103Cl4N15O4. The van der Waals surface area contributed by atoms with E-state index in [0.29, 0.717) is 103 Å². The van der Waals surface area contributed by atoms with Crippen LogP contribution in [0.4, 0.5) is 23.3 Å². The number of anilines is 4. The largest absolute Gasteiger partial charge is 0.383 e. The minimum absolute atomic E-state index is 0.0875. The zero-order valence-corrected chi connectivity index (χ0v) is 71.8. The van der Waals surface area contributed by atoms with Crippen molar-refractivity contribution in [2.24, 2.45) is 5.92 Å². The van der Waals surface area contributed by atoms with Crippen LogP contribution >= 0.6 is 46.4 Å². The molecule has 6 heterocycles. The molecule has 0 radical (unpaired) electrons.